The fraction of sp³-hybridized carbons (Fsp3) is 0.300. The van der Waals surface area contributed by atoms with Crippen molar-refractivity contribution < 1.29 is 13.9 Å². The predicted octanol–water partition coefficient (Wildman–Crippen LogP) is 4.60. The first kappa shape index (κ1) is 22.1. The number of benzene rings is 2. The molecule has 1 saturated heterocycles. The average Bonchev–Trinajstić information content (AvgIpc) is 3.14. The van der Waals surface area contributed by atoms with Crippen LogP contribution in [0.15, 0.2) is 46.9 Å². The molecule has 3 aromatic rings. The number of ether oxygens (including phenoxy) is 1. The van der Waals surface area contributed by atoms with Gasteiger partial charge in [0.25, 0.3) is 5.91 Å². The van der Waals surface area contributed by atoms with E-state index in [4.69, 9.17) is 4.74 Å². The van der Waals surface area contributed by atoms with Gasteiger partial charge in [0.2, 0.25) is 0 Å². The lowest BCUT2D eigenvalue weighted by Crippen LogP contribution is -2.43. The van der Waals surface area contributed by atoms with Gasteiger partial charge in [0.1, 0.15) is 11.3 Å². The van der Waals surface area contributed by atoms with Crippen LogP contribution in [0.3, 0.4) is 0 Å². The van der Waals surface area contributed by atoms with E-state index < -0.39 is 0 Å². The Kier molecular flexibility index (Phi) is 7.59. The third-order valence-electron chi connectivity index (χ3n) is 4.68. The molecule has 2 heterocycles. The minimum absolute atomic E-state index is 0. The monoisotopic (exact) mass is 499 g/mol. The van der Waals surface area contributed by atoms with Crippen LogP contribution < -0.4 is 4.90 Å². The fourth-order valence-corrected chi connectivity index (χ4v) is 4.61. The van der Waals surface area contributed by atoms with Crippen LogP contribution in [0, 0.1) is 5.82 Å². The second-order valence-electron chi connectivity index (χ2n) is 6.47. The number of amides is 1. The standard InChI is InChI=1S/C20H19BrFN3O2S.ClH/c21-15-5-2-1-4-14(15)19(26)25(9-8-24-10-12-27-13-11-24)20-23-18-16(22)6-3-7-17(18)28-20;/h1-7H,8-13H2;1H. The van der Waals surface area contributed by atoms with Gasteiger partial charge >= 0.3 is 0 Å². The number of halogens is 3. The van der Waals surface area contributed by atoms with E-state index in [-0.39, 0.29) is 24.1 Å². The van der Waals surface area contributed by atoms with E-state index in [1.165, 1.54) is 17.4 Å². The van der Waals surface area contributed by atoms with Gasteiger partial charge in [-0.15, -0.1) is 12.4 Å². The van der Waals surface area contributed by atoms with Crippen LogP contribution in [0.5, 0.6) is 0 Å². The highest BCUT2D eigenvalue weighted by Crippen LogP contribution is 2.31. The Labute approximate surface area is 187 Å². The molecule has 5 nitrogen and oxygen atoms in total. The number of aromatic nitrogens is 1. The second-order valence-corrected chi connectivity index (χ2v) is 8.34. The minimum atomic E-state index is -0.374. The number of thiazole rings is 1. The molecule has 4 rings (SSSR count). The number of carbonyl (C=O) groups excluding carboxylic acids is 1. The molecule has 0 saturated carbocycles. The number of para-hydroxylation sites is 1. The van der Waals surface area contributed by atoms with E-state index in [1.54, 1.807) is 17.0 Å². The molecule has 1 aliphatic heterocycles. The highest BCUT2D eigenvalue weighted by atomic mass is 79.9. The van der Waals surface area contributed by atoms with Gasteiger partial charge in [-0.3, -0.25) is 14.6 Å². The summed E-state index contributed by atoms with van der Waals surface area (Å²) in [5.74, 6) is -0.526. The number of carbonyl (C=O) groups is 1. The van der Waals surface area contributed by atoms with Crippen LogP contribution in [0.1, 0.15) is 10.4 Å². The molecule has 154 valence electrons. The Balaban J connectivity index is 0.00000240. The molecule has 0 unspecified atom stereocenters. The summed E-state index contributed by atoms with van der Waals surface area (Å²) < 4.78 is 21.0. The third kappa shape index (κ3) is 4.95. The minimum Gasteiger partial charge on any atom is -0.379 e. The summed E-state index contributed by atoms with van der Waals surface area (Å²) >= 11 is 4.79. The van der Waals surface area contributed by atoms with E-state index in [0.717, 1.165) is 22.3 Å². The first-order valence-corrected chi connectivity index (χ1v) is 10.7. The molecule has 0 N–H and O–H groups in total. The fourth-order valence-electron chi connectivity index (χ4n) is 3.15. The maximum absolute atomic E-state index is 14.1. The van der Waals surface area contributed by atoms with Crippen molar-refractivity contribution in [1.82, 2.24) is 9.88 Å². The van der Waals surface area contributed by atoms with Crippen LogP contribution >= 0.6 is 39.7 Å². The molecular formula is C20H20BrClFN3O2S. The first-order valence-electron chi connectivity index (χ1n) is 9.05. The SMILES string of the molecule is Cl.O=C(c1ccccc1Br)N(CCN1CCOCC1)c1nc2c(F)cccc2s1. The van der Waals surface area contributed by atoms with Crippen molar-refractivity contribution in [3.63, 3.8) is 0 Å². The molecule has 1 amide bonds. The topological polar surface area (TPSA) is 45.7 Å². The van der Waals surface area contributed by atoms with Crippen molar-refractivity contribution in [2.45, 2.75) is 0 Å². The summed E-state index contributed by atoms with van der Waals surface area (Å²) in [5.41, 5.74) is 0.864. The summed E-state index contributed by atoms with van der Waals surface area (Å²) in [5, 5.41) is 0.508. The van der Waals surface area contributed by atoms with Crippen molar-refractivity contribution in [2.75, 3.05) is 44.3 Å². The van der Waals surface area contributed by atoms with Crippen molar-refractivity contribution in [2.24, 2.45) is 0 Å². The van der Waals surface area contributed by atoms with Crippen LogP contribution in [-0.2, 0) is 4.74 Å². The highest BCUT2D eigenvalue weighted by molar-refractivity contribution is 9.10. The van der Waals surface area contributed by atoms with E-state index >= 15 is 0 Å². The molecule has 1 aliphatic rings. The number of fused-ring (bicyclic) bond motifs is 1. The quantitative estimate of drug-likeness (QED) is 0.514. The molecule has 29 heavy (non-hydrogen) atoms. The summed E-state index contributed by atoms with van der Waals surface area (Å²) in [6, 6.07) is 12.2. The Bertz CT molecular complexity index is 997. The van der Waals surface area contributed by atoms with Gasteiger partial charge in [-0.2, -0.15) is 0 Å². The second kappa shape index (κ2) is 9.95. The van der Waals surface area contributed by atoms with Crippen molar-refractivity contribution in [3.05, 3.63) is 58.3 Å². The maximum atomic E-state index is 14.1. The molecular weight excluding hydrogens is 481 g/mol. The molecule has 0 atom stereocenters. The zero-order valence-electron chi connectivity index (χ0n) is 15.5. The maximum Gasteiger partial charge on any atom is 0.261 e. The number of rotatable bonds is 5. The average molecular weight is 501 g/mol. The van der Waals surface area contributed by atoms with Gasteiger partial charge in [0, 0.05) is 30.7 Å². The van der Waals surface area contributed by atoms with Crippen LogP contribution in [0.2, 0.25) is 0 Å². The Morgan fingerprint density at radius 3 is 2.69 bits per heavy atom. The van der Waals surface area contributed by atoms with Gasteiger partial charge in [0.05, 0.1) is 23.5 Å². The smallest absolute Gasteiger partial charge is 0.261 e. The van der Waals surface area contributed by atoms with Crippen LogP contribution in [0.4, 0.5) is 9.52 Å². The van der Waals surface area contributed by atoms with Gasteiger partial charge in [-0.25, -0.2) is 9.37 Å². The van der Waals surface area contributed by atoms with Crippen LogP contribution in [-0.4, -0.2) is 55.2 Å². The zero-order valence-corrected chi connectivity index (χ0v) is 18.7. The lowest BCUT2D eigenvalue weighted by Gasteiger charge is -2.29. The normalized spacial score (nSPS) is 14.6. The van der Waals surface area contributed by atoms with Crippen LogP contribution in [0.25, 0.3) is 10.2 Å². The molecule has 0 spiro atoms. The van der Waals surface area contributed by atoms with Gasteiger partial charge in [-0.05, 0) is 40.2 Å². The van der Waals surface area contributed by atoms with Gasteiger partial charge in [-0.1, -0.05) is 29.5 Å². The summed E-state index contributed by atoms with van der Waals surface area (Å²) in [4.78, 5) is 21.7. The van der Waals surface area contributed by atoms with Crippen molar-refractivity contribution >= 4 is 60.9 Å². The third-order valence-corrected chi connectivity index (χ3v) is 6.42. The Hall–Kier alpha value is -1.58. The van der Waals surface area contributed by atoms with Gasteiger partial charge in [0.15, 0.2) is 5.13 Å². The van der Waals surface area contributed by atoms with E-state index in [1.807, 2.05) is 24.3 Å². The number of hydrogen-bond donors (Lipinski definition) is 0. The first-order chi connectivity index (χ1) is 13.6. The molecule has 0 bridgehead atoms. The Morgan fingerprint density at radius 2 is 1.97 bits per heavy atom. The van der Waals surface area contributed by atoms with Gasteiger partial charge < -0.3 is 4.74 Å². The predicted molar refractivity (Wildman–Crippen MR) is 120 cm³/mol. The van der Waals surface area contributed by atoms with Crippen molar-refractivity contribution in [1.29, 1.82) is 0 Å². The molecule has 1 fully saturated rings. The lowest BCUT2D eigenvalue weighted by atomic mass is 10.2. The molecule has 2 aromatic carbocycles. The highest BCUT2D eigenvalue weighted by Gasteiger charge is 2.24. The summed E-state index contributed by atoms with van der Waals surface area (Å²) in [6.07, 6.45) is 0. The Morgan fingerprint density at radius 1 is 1.21 bits per heavy atom. The summed E-state index contributed by atoms with van der Waals surface area (Å²) in [6.45, 7) is 4.26. The lowest BCUT2D eigenvalue weighted by molar-refractivity contribution is 0.0391. The van der Waals surface area contributed by atoms with Crippen molar-refractivity contribution in [3.8, 4) is 0 Å². The summed E-state index contributed by atoms with van der Waals surface area (Å²) in [7, 11) is 0. The van der Waals surface area contributed by atoms with E-state index in [2.05, 4.69) is 25.8 Å². The molecule has 1 aromatic heterocycles. The number of morpholine rings is 1. The molecule has 0 aliphatic carbocycles. The van der Waals surface area contributed by atoms with E-state index in [9.17, 15) is 9.18 Å². The number of hydrogen-bond acceptors (Lipinski definition) is 5. The largest absolute Gasteiger partial charge is 0.379 e. The molecule has 9 heteroatoms. The molecule has 0 radical (unpaired) electrons. The number of nitrogens with zero attached hydrogens (tertiary/aromatic N) is 3. The van der Waals surface area contributed by atoms with E-state index in [0.29, 0.717) is 42.5 Å². The zero-order chi connectivity index (χ0) is 19.5. The number of anilines is 1.